The van der Waals surface area contributed by atoms with Gasteiger partial charge in [-0.2, -0.15) is 0 Å². The van der Waals surface area contributed by atoms with Gasteiger partial charge in [0.15, 0.2) is 6.10 Å². The van der Waals surface area contributed by atoms with Gasteiger partial charge in [-0.15, -0.1) is 0 Å². The van der Waals surface area contributed by atoms with Gasteiger partial charge in [0.05, 0.1) is 6.54 Å². The minimum Gasteiger partial charge on any atom is -0.492 e. The zero-order chi connectivity index (χ0) is 19.9. The number of benzene rings is 2. The van der Waals surface area contributed by atoms with Crippen LogP contribution in [0.2, 0.25) is 0 Å². The number of amides is 1. The summed E-state index contributed by atoms with van der Waals surface area (Å²) in [5.41, 5.74) is 2.49. The summed E-state index contributed by atoms with van der Waals surface area (Å²) >= 11 is 0. The third kappa shape index (κ3) is 6.31. The van der Waals surface area contributed by atoms with Gasteiger partial charge in [0, 0.05) is 0 Å². The Balaban J connectivity index is 1.75. The third-order valence-electron chi connectivity index (χ3n) is 4.42. The van der Waals surface area contributed by atoms with Gasteiger partial charge in [0.1, 0.15) is 18.1 Å². The Hall–Kier alpha value is -2.49. The Morgan fingerprint density at radius 1 is 1.07 bits per heavy atom. The van der Waals surface area contributed by atoms with Crippen molar-refractivity contribution in [3.05, 3.63) is 59.7 Å². The minimum absolute atomic E-state index is 0.124. The van der Waals surface area contributed by atoms with Crippen molar-refractivity contribution in [2.75, 3.05) is 13.2 Å². The highest BCUT2D eigenvalue weighted by Gasteiger charge is 2.16. The van der Waals surface area contributed by atoms with E-state index in [1.165, 1.54) is 5.56 Å². The molecule has 0 saturated heterocycles. The maximum absolute atomic E-state index is 12.2. The molecule has 0 bridgehead atoms. The minimum atomic E-state index is -0.552. The molecule has 4 heteroatoms. The van der Waals surface area contributed by atoms with E-state index in [2.05, 4.69) is 45.1 Å². The van der Waals surface area contributed by atoms with Crippen molar-refractivity contribution in [3.8, 4) is 11.5 Å². The zero-order valence-corrected chi connectivity index (χ0v) is 17.0. The fraction of sp³-hybridized carbons (Fsp3) is 0.435. The molecule has 1 amide bonds. The maximum atomic E-state index is 12.2. The van der Waals surface area contributed by atoms with Crippen LogP contribution >= 0.6 is 0 Å². The third-order valence-corrected chi connectivity index (χ3v) is 4.42. The maximum Gasteiger partial charge on any atom is 0.260 e. The van der Waals surface area contributed by atoms with Crippen molar-refractivity contribution in [1.82, 2.24) is 5.32 Å². The number of carbonyl (C=O) groups excluding carboxylic acids is 1. The number of para-hydroxylation sites is 1. The summed E-state index contributed by atoms with van der Waals surface area (Å²) in [5.74, 6) is 1.42. The SMILES string of the molecule is CCc1ccccc1O[C@@H](C)C(=O)NCCOc1ccc(C(C)(C)C)cc1. The van der Waals surface area contributed by atoms with Crippen LogP contribution in [0, 0.1) is 0 Å². The van der Waals surface area contributed by atoms with Crippen LogP contribution in [-0.2, 0) is 16.6 Å². The number of ether oxygens (including phenoxy) is 2. The molecule has 2 aromatic carbocycles. The second kappa shape index (κ2) is 9.45. The molecule has 4 nitrogen and oxygen atoms in total. The second-order valence-electron chi connectivity index (χ2n) is 7.64. The molecular formula is C23H31NO3. The molecule has 2 aromatic rings. The van der Waals surface area contributed by atoms with Crippen LogP contribution in [-0.4, -0.2) is 25.2 Å². The summed E-state index contributed by atoms with van der Waals surface area (Å²) in [6.07, 6.45) is 0.315. The monoisotopic (exact) mass is 369 g/mol. The lowest BCUT2D eigenvalue weighted by Crippen LogP contribution is -2.38. The lowest BCUT2D eigenvalue weighted by atomic mass is 9.87. The molecule has 0 aliphatic carbocycles. The summed E-state index contributed by atoms with van der Waals surface area (Å²) in [4.78, 5) is 12.2. The topological polar surface area (TPSA) is 47.6 Å². The fourth-order valence-electron chi connectivity index (χ4n) is 2.69. The molecule has 0 saturated carbocycles. The summed E-state index contributed by atoms with van der Waals surface area (Å²) in [5, 5.41) is 2.86. The fourth-order valence-corrected chi connectivity index (χ4v) is 2.69. The smallest absolute Gasteiger partial charge is 0.260 e. The first-order valence-electron chi connectivity index (χ1n) is 9.57. The van der Waals surface area contributed by atoms with Crippen molar-refractivity contribution in [2.45, 2.75) is 52.6 Å². The molecule has 0 aromatic heterocycles. The number of rotatable bonds is 8. The summed E-state index contributed by atoms with van der Waals surface area (Å²) < 4.78 is 11.5. The number of hydrogen-bond donors (Lipinski definition) is 1. The van der Waals surface area contributed by atoms with Gasteiger partial charge in [-0.25, -0.2) is 0 Å². The molecule has 0 unspecified atom stereocenters. The van der Waals surface area contributed by atoms with E-state index >= 15 is 0 Å². The van der Waals surface area contributed by atoms with Crippen LogP contribution in [0.4, 0.5) is 0 Å². The largest absolute Gasteiger partial charge is 0.492 e. The highest BCUT2D eigenvalue weighted by Crippen LogP contribution is 2.24. The molecule has 146 valence electrons. The first kappa shape index (κ1) is 20.8. The first-order chi connectivity index (χ1) is 12.8. The lowest BCUT2D eigenvalue weighted by molar-refractivity contribution is -0.127. The molecule has 27 heavy (non-hydrogen) atoms. The van der Waals surface area contributed by atoms with Gasteiger partial charge >= 0.3 is 0 Å². The van der Waals surface area contributed by atoms with E-state index < -0.39 is 6.10 Å². The zero-order valence-electron chi connectivity index (χ0n) is 17.0. The van der Waals surface area contributed by atoms with Crippen LogP contribution in [0.5, 0.6) is 11.5 Å². The van der Waals surface area contributed by atoms with Crippen molar-refractivity contribution >= 4 is 5.91 Å². The highest BCUT2D eigenvalue weighted by molar-refractivity contribution is 5.80. The molecule has 0 spiro atoms. The van der Waals surface area contributed by atoms with E-state index in [1.807, 2.05) is 36.4 Å². The van der Waals surface area contributed by atoms with Gasteiger partial charge in [-0.3, -0.25) is 4.79 Å². The molecule has 0 aliphatic rings. The molecular weight excluding hydrogens is 338 g/mol. The average molecular weight is 370 g/mol. The Labute approximate surface area is 162 Å². The summed E-state index contributed by atoms with van der Waals surface area (Å²) in [6.45, 7) is 11.2. The van der Waals surface area contributed by atoms with E-state index in [4.69, 9.17) is 9.47 Å². The number of nitrogens with one attached hydrogen (secondary N) is 1. The normalized spacial score (nSPS) is 12.3. The predicted octanol–water partition coefficient (Wildman–Crippen LogP) is 4.51. The van der Waals surface area contributed by atoms with E-state index in [0.717, 1.165) is 23.5 Å². The second-order valence-corrected chi connectivity index (χ2v) is 7.64. The number of carbonyl (C=O) groups is 1. The van der Waals surface area contributed by atoms with E-state index in [9.17, 15) is 4.79 Å². The van der Waals surface area contributed by atoms with E-state index in [1.54, 1.807) is 6.92 Å². The summed E-state index contributed by atoms with van der Waals surface area (Å²) in [7, 11) is 0. The molecule has 2 rings (SSSR count). The molecule has 0 fully saturated rings. The quantitative estimate of drug-likeness (QED) is 0.697. The van der Waals surface area contributed by atoms with Gasteiger partial charge in [-0.05, 0) is 48.1 Å². The number of aryl methyl sites for hydroxylation is 1. The Morgan fingerprint density at radius 2 is 1.74 bits per heavy atom. The van der Waals surface area contributed by atoms with Crippen LogP contribution in [0.25, 0.3) is 0 Å². The Morgan fingerprint density at radius 3 is 2.37 bits per heavy atom. The lowest BCUT2D eigenvalue weighted by Gasteiger charge is -2.19. The van der Waals surface area contributed by atoms with Crippen LogP contribution in [0.3, 0.4) is 0 Å². The van der Waals surface area contributed by atoms with Gasteiger partial charge in [0.2, 0.25) is 0 Å². The molecule has 1 N–H and O–H groups in total. The van der Waals surface area contributed by atoms with Crippen molar-refractivity contribution < 1.29 is 14.3 Å². The van der Waals surface area contributed by atoms with Gasteiger partial charge < -0.3 is 14.8 Å². The Bertz CT molecular complexity index is 732. The van der Waals surface area contributed by atoms with Crippen LogP contribution < -0.4 is 14.8 Å². The highest BCUT2D eigenvalue weighted by atomic mass is 16.5. The number of hydrogen-bond acceptors (Lipinski definition) is 3. The van der Waals surface area contributed by atoms with Crippen molar-refractivity contribution in [3.63, 3.8) is 0 Å². The van der Waals surface area contributed by atoms with E-state index in [0.29, 0.717) is 13.2 Å². The Kier molecular flexibility index (Phi) is 7.28. The van der Waals surface area contributed by atoms with Gasteiger partial charge in [-0.1, -0.05) is 58.0 Å². The molecule has 0 aliphatic heterocycles. The average Bonchev–Trinajstić information content (AvgIpc) is 2.65. The first-order valence-corrected chi connectivity index (χ1v) is 9.57. The summed E-state index contributed by atoms with van der Waals surface area (Å²) in [6, 6.07) is 15.9. The van der Waals surface area contributed by atoms with Crippen LogP contribution in [0.1, 0.15) is 45.7 Å². The predicted molar refractivity (Wildman–Crippen MR) is 110 cm³/mol. The standard InChI is InChI=1S/C23H31NO3/c1-6-18-9-7-8-10-21(18)27-17(2)22(25)24-15-16-26-20-13-11-19(12-14-20)23(3,4)5/h7-14,17H,6,15-16H2,1-5H3,(H,24,25)/t17-/m0/s1. The van der Waals surface area contributed by atoms with Gasteiger partial charge in [0.25, 0.3) is 5.91 Å². The van der Waals surface area contributed by atoms with Crippen LogP contribution in [0.15, 0.2) is 48.5 Å². The molecule has 0 heterocycles. The van der Waals surface area contributed by atoms with Crippen molar-refractivity contribution in [1.29, 1.82) is 0 Å². The van der Waals surface area contributed by atoms with E-state index in [-0.39, 0.29) is 11.3 Å². The van der Waals surface area contributed by atoms with Crippen molar-refractivity contribution in [2.24, 2.45) is 0 Å². The molecule has 0 radical (unpaired) electrons. The molecule has 1 atom stereocenters.